The molecule has 1 aliphatic rings. The third kappa shape index (κ3) is 6.85. The maximum absolute atomic E-state index is 12.5. The van der Waals surface area contributed by atoms with Crippen molar-refractivity contribution in [3.63, 3.8) is 0 Å². The lowest BCUT2D eigenvalue weighted by molar-refractivity contribution is -0.137. The minimum atomic E-state index is -4.40. The van der Waals surface area contributed by atoms with Crippen molar-refractivity contribution in [2.24, 2.45) is 10.4 Å². The van der Waals surface area contributed by atoms with Crippen molar-refractivity contribution in [2.45, 2.75) is 38.3 Å². The maximum atomic E-state index is 12.5. The van der Waals surface area contributed by atoms with Gasteiger partial charge in [-0.1, -0.05) is 12.8 Å². The van der Waals surface area contributed by atoms with E-state index in [1.54, 1.807) is 14.2 Å². The fourth-order valence-electron chi connectivity index (χ4n) is 3.41. The number of aliphatic imine (C=N–C) groups is 1. The molecule has 0 radical (unpaired) electrons. The van der Waals surface area contributed by atoms with E-state index in [9.17, 15) is 13.2 Å². The number of alkyl halides is 3. The highest BCUT2D eigenvalue weighted by atomic mass is 19.4. The second kappa shape index (κ2) is 10.5. The average Bonchev–Trinajstić information content (AvgIpc) is 3.14. The van der Waals surface area contributed by atoms with Gasteiger partial charge >= 0.3 is 6.18 Å². The molecule has 0 spiro atoms. The molecule has 28 heavy (non-hydrogen) atoms. The molecule has 1 heterocycles. The molecule has 2 rings (SSSR count). The first-order chi connectivity index (χ1) is 13.4. The summed E-state index contributed by atoms with van der Waals surface area (Å²) in [7, 11) is 3.42. The van der Waals surface area contributed by atoms with Crippen molar-refractivity contribution in [3.8, 4) is 5.88 Å². The number of halogens is 3. The van der Waals surface area contributed by atoms with Crippen LogP contribution in [-0.2, 0) is 10.9 Å². The molecule has 1 aliphatic carbocycles. The molecule has 2 N–H and O–H groups in total. The summed E-state index contributed by atoms with van der Waals surface area (Å²) >= 11 is 0. The molecule has 0 unspecified atom stereocenters. The van der Waals surface area contributed by atoms with Crippen LogP contribution in [-0.4, -0.2) is 51.4 Å². The van der Waals surface area contributed by atoms with Crippen molar-refractivity contribution in [1.29, 1.82) is 0 Å². The summed E-state index contributed by atoms with van der Waals surface area (Å²) < 4.78 is 48.2. The first-order valence-electron chi connectivity index (χ1n) is 9.48. The molecular formula is C19H29F3N4O2. The minimum absolute atomic E-state index is 0.155. The number of nitrogens with one attached hydrogen (secondary N) is 2. The molecule has 0 atom stereocenters. The van der Waals surface area contributed by atoms with Gasteiger partial charge < -0.3 is 20.1 Å². The van der Waals surface area contributed by atoms with Crippen molar-refractivity contribution < 1.29 is 22.6 Å². The Morgan fingerprint density at radius 1 is 1.21 bits per heavy atom. The van der Waals surface area contributed by atoms with Crippen molar-refractivity contribution in [3.05, 3.63) is 23.9 Å². The fourth-order valence-corrected chi connectivity index (χ4v) is 3.41. The van der Waals surface area contributed by atoms with Gasteiger partial charge in [-0.05, 0) is 30.7 Å². The minimum Gasteiger partial charge on any atom is -0.476 e. The lowest BCUT2D eigenvalue weighted by Gasteiger charge is -2.29. The van der Waals surface area contributed by atoms with Gasteiger partial charge in [-0.15, -0.1) is 0 Å². The van der Waals surface area contributed by atoms with E-state index in [1.165, 1.54) is 31.7 Å². The van der Waals surface area contributed by atoms with Crippen LogP contribution in [0.4, 0.5) is 13.2 Å². The Kier molecular flexibility index (Phi) is 8.35. The summed E-state index contributed by atoms with van der Waals surface area (Å²) in [6.45, 7) is 2.29. The Morgan fingerprint density at radius 2 is 1.96 bits per heavy atom. The monoisotopic (exact) mass is 402 g/mol. The smallest absolute Gasteiger partial charge is 0.417 e. The zero-order chi connectivity index (χ0) is 20.5. The molecule has 0 aliphatic heterocycles. The van der Waals surface area contributed by atoms with Crippen LogP contribution in [0, 0.1) is 5.41 Å². The number of pyridine rings is 1. The van der Waals surface area contributed by atoms with Crippen LogP contribution in [0.15, 0.2) is 23.3 Å². The third-order valence-corrected chi connectivity index (χ3v) is 5.06. The lowest BCUT2D eigenvalue weighted by atomic mass is 9.83. The first-order valence-corrected chi connectivity index (χ1v) is 9.48. The Bertz CT molecular complexity index is 615. The summed E-state index contributed by atoms with van der Waals surface area (Å²) in [5.41, 5.74) is -0.550. The Labute approximate surface area is 163 Å². The molecule has 1 saturated carbocycles. The number of aromatic nitrogens is 1. The van der Waals surface area contributed by atoms with E-state index < -0.39 is 11.7 Å². The van der Waals surface area contributed by atoms with Gasteiger partial charge in [0.25, 0.3) is 0 Å². The quantitative estimate of drug-likeness (QED) is 0.377. The van der Waals surface area contributed by atoms with Gasteiger partial charge in [-0.3, -0.25) is 4.99 Å². The van der Waals surface area contributed by atoms with E-state index in [2.05, 4.69) is 20.6 Å². The van der Waals surface area contributed by atoms with E-state index in [-0.39, 0.29) is 17.9 Å². The molecule has 158 valence electrons. The normalized spacial score (nSPS) is 16.8. The van der Waals surface area contributed by atoms with Gasteiger partial charge in [0.05, 0.1) is 12.1 Å². The molecular weight excluding hydrogens is 373 g/mol. The van der Waals surface area contributed by atoms with Gasteiger partial charge in [-0.25, -0.2) is 4.98 Å². The molecule has 0 aromatic carbocycles. The summed E-state index contributed by atoms with van der Waals surface area (Å²) in [6.07, 6.45) is 2.24. The summed E-state index contributed by atoms with van der Waals surface area (Å²) in [4.78, 5) is 7.89. The highest BCUT2D eigenvalue weighted by Gasteiger charge is 2.33. The number of ether oxygens (including phenoxy) is 2. The lowest BCUT2D eigenvalue weighted by Crippen LogP contribution is -2.44. The summed E-state index contributed by atoms with van der Waals surface area (Å²) in [5, 5.41) is 6.52. The number of methoxy groups -OCH3 is 1. The Morgan fingerprint density at radius 3 is 2.54 bits per heavy atom. The van der Waals surface area contributed by atoms with E-state index in [0.717, 1.165) is 31.8 Å². The van der Waals surface area contributed by atoms with Gasteiger partial charge in [0.15, 0.2) is 5.96 Å². The first kappa shape index (κ1) is 22.3. The third-order valence-electron chi connectivity index (χ3n) is 5.06. The molecule has 6 nitrogen and oxygen atoms in total. The molecule has 0 bridgehead atoms. The number of hydrogen-bond acceptors (Lipinski definition) is 4. The van der Waals surface area contributed by atoms with Crippen molar-refractivity contribution in [1.82, 2.24) is 15.6 Å². The number of guanidine groups is 1. The zero-order valence-electron chi connectivity index (χ0n) is 16.4. The summed E-state index contributed by atoms with van der Waals surface area (Å²) in [6, 6.07) is 2.17. The van der Waals surface area contributed by atoms with Crippen LogP contribution in [0.3, 0.4) is 0 Å². The van der Waals surface area contributed by atoms with Crippen LogP contribution in [0.1, 0.15) is 37.7 Å². The molecule has 9 heteroatoms. The molecule has 0 saturated heterocycles. The molecule has 0 amide bonds. The van der Waals surface area contributed by atoms with Gasteiger partial charge in [0.1, 0.15) is 6.61 Å². The largest absolute Gasteiger partial charge is 0.476 e. The fraction of sp³-hybridized carbons (Fsp3) is 0.684. The van der Waals surface area contributed by atoms with E-state index >= 15 is 0 Å². The summed E-state index contributed by atoms with van der Waals surface area (Å²) in [5.74, 6) is 0.829. The highest BCUT2D eigenvalue weighted by Crippen LogP contribution is 2.40. The van der Waals surface area contributed by atoms with E-state index in [0.29, 0.717) is 12.5 Å². The predicted octanol–water partition coefficient (Wildman–Crippen LogP) is 3.24. The van der Waals surface area contributed by atoms with E-state index in [1.807, 2.05) is 0 Å². The second-order valence-electron chi connectivity index (χ2n) is 7.03. The maximum Gasteiger partial charge on any atom is 0.417 e. The molecule has 1 fully saturated rings. The van der Waals surface area contributed by atoms with E-state index in [4.69, 9.17) is 9.47 Å². The average molecular weight is 402 g/mol. The van der Waals surface area contributed by atoms with Gasteiger partial charge in [-0.2, -0.15) is 13.2 Å². The highest BCUT2D eigenvalue weighted by molar-refractivity contribution is 5.79. The van der Waals surface area contributed by atoms with Crippen LogP contribution >= 0.6 is 0 Å². The molecule has 1 aromatic heterocycles. The SMILES string of the molecule is CN=C(NCCOc1ccc(C(F)(F)F)cn1)NCC1(CCOC)CCCC1. The van der Waals surface area contributed by atoms with Crippen LogP contribution in [0.25, 0.3) is 0 Å². The Balaban J connectivity index is 1.72. The number of nitrogens with zero attached hydrogens (tertiary/aromatic N) is 2. The number of hydrogen-bond donors (Lipinski definition) is 2. The standard InChI is InChI=1S/C19H29F3N4O2/c1-23-17(26-14-18(9-11-27-2)7-3-4-8-18)24-10-12-28-16-6-5-15(13-25-16)19(20,21)22/h5-6,13H,3-4,7-12,14H2,1-2H3,(H2,23,24,26). The van der Waals surface area contributed by atoms with Gasteiger partial charge in [0.2, 0.25) is 5.88 Å². The van der Waals surface area contributed by atoms with Crippen LogP contribution in [0.5, 0.6) is 5.88 Å². The Hall–Kier alpha value is -2.03. The van der Waals surface area contributed by atoms with Crippen LogP contribution < -0.4 is 15.4 Å². The zero-order valence-corrected chi connectivity index (χ0v) is 16.4. The number of rotatable bonds is 9. The van der Waals surface area contributed by atoms with Gasteiger partial charge in [0, 0.05) is 39.6 Å². The van der Waals surface area contributed by atoms with Crippen molar-refractivity contribution in [2.75, 3.05) is 40.5 Å². The second-order valence-corrected chi connectivity index (χ2v) is 7.03. The van der Waals surface area contributed by atoms with Crippen molar-refractivity contribution >= 4 is 5.96 Å². The predicted molar refractivity (Wildman–Crippen MR) is 101 cm³/mol. The van der Waals surface area contributed by atoms with Crippen LogP contribution in [0.2, 0.25) is 0 Å². The molecule has 1 aromatic rings. The topological polar surface area (TPSA) is 67.8 Å².